The van der Waals surface area contributed by atoms with Gasteiger partial charge >= 0.3 is 0 Å². The zero-order valence-electron chi connectivity index (χ0n) is 10.2. The molecule has 9 heteroatoms. The van der Waals surface area contributed by atoms with Crippen LogP contribution in [0.15, 0.2) is 20.4 Å². The number of hydrogen-bond acceptors (Lipinski definition) is 5. The molecular formula is C11H11Br2N3O2S2. The SMILES string of the molecule is Nc1cc(-c2cc(Br)c(Br)s2)nn1C1CCS(=O)(=O)C1. The standard InChI is InChI=1S/C11H11Br2N3O2S2/c12-7-3-9(19-11(7)13)8-4-10(14)16(15-8)6-1-2-20(17,18)5-6/h3-4,6H,1-2,5,14H2. The first kappa shape index (κ1) is 14.6. The van der Waals surface area contributed by atoms with Gasteiger partial charge in [-0.3, -0.25) is 0 Å². The van der Waals surface area contributed by atoms with Crippen LogP contribution in [0.1, 0.15) is 12.5 Å². The van der Waals surface area contributed by atoms with Gasteiger partial charge in [0.05, 0.1) is 26.2 Å². The number of sulfone groups is 1. The lowest BCUT2D eigenvalue weighted by atomic mass is 10.3. The third-order valence-corrected chi connectivity index (χ3v) is 8.25. The zero-order chi connectivity index (χ0) is 14.5. The predicted octanol–water partition coefficient (Wildman–Crippen LogP) is 3.08. The highest BCUT2D eigenvalue weighted by Gasteiger charge is 2.31. The van der Waals surface area contributed by atoms with E-state index in [9.17, 15) is 8.42 Å². The number of nitrogen functional groups attached to an aromatic ring is 1. The summed E-state index contributed by atoms with van der Waals surface area (Å²) in [6.45, 7) is 0. The van der Waals surface area contributed by atoms with Gasteiger partial charge in [0.25, 0.3) is 0 Å². The van der Waals surface area contributed by atoms with Gasteiger partial charge in [0.2, 0.25) is 0 Å². The molecule has 0 radical (unpaired) electrons. The fourth-order valence-corrected chi connectivity index (χ4v) is 5.95. The Morgan fingerprint density at radius 1 is 1.40 bits per heavy atom. The fourth-order valence-electron chi connectivity index (χ4n) is 2.26. The quantitative estimate of drug-likeness (QED) is 0.778. The lowest BCUT2D eigenvalue weighted by Crippen LogP contribution is -2.14. The largest absolute Gasteiger partial charge is 0.384 e. The minimum absolute atomic E-state index is 0.121. The Bertz CT molecular complexity index is 747. The molecule has 5 nitrogen and oxygen atoms in total. The van der Waals surface area contributed by atoms with Gasteiger partial charge in [-0.15, -0.1) is 11.3 Å². The van der Waals surface area contributed by atoms with Crippen LogP contribution in [-0.4, -0.2) is 29.7 Å². The van der Waals surface area contributed by atoms with Crippen molar-refractivity contribution >= 4 is 58.9 Å². The number of thiophene rings is 1. The van der Waals surface area contributed by atoms with Gasteiger partial charge < -0.3 is 5.73 Å². The molecule has 1 aliphatic rings. The van der Waals surface area contributed by atoms with Crippen LogP contribution < -0.4 is 5.73 Å². The molecule has 0 amide bonds. The molecule has 1 fully saturated rings. The lowest BCUT2D eigenvalue weighted by molar-refractivity contribution is 0.508. The Hall–Kier alpha value is -0.380. The summed E-state index contributed by atoms with van der Waals surface area (Å²) in [6.07, 6.45) is 0.575. The van der Waals surface area contributed by atoms with Gasteiger partial charge in [0.15, 0.2) is 9.84 Å². The van der Waals surface area contributed by atoms with Gasteiger partial charge in [0.1, 0.15) is 11.5 Å². The second-order valence-electron chi connectivity index (χ2n) is 4.69. The van der Waals surface area contributed by atoms with E-state index in [0.717, 1.165) is 18.8 Å². The zero-order valence-corrected chi connectivity index (χ0v) is 15.0. The van der Waals surface area contributed by atoms with Crippen molar-refractivity contribution in [3.63, 3.8) is 0 Å². The van der Waals surface area contributed by atoms with Gasteiger partial charge in [-0.2, -0.15) is 5.10 Å². The van der Waals surface area contributed by atoms with E-state index in [0.29, 0.717) is 12.2 Å². The Labute approximate surface area is 137 Å². The topological polar surface area (TPSA) is 78.0 Å². The predicted molar refractivity (Wildman–Crippen MR) is 87.7 cm³/mol. The second-order valence-corrected chi connectivity index (χ2v) is 10.1. The van der Waals surface area contributed by atoms with E-state index in [1.54, 1.807) is 22.1 Å². The average molecular weight is 441 g/mol. The van der Waals surface area contributed by atoms with E-state index in [-0.39, 0.29) is 17.5 Å². The maximum atomic E-state index is 11.6. The van der Waals surface area contributed by atoms with Crippen molar-refractivity contribution in [1.29, 1.82) is 0 Å². The highest BCUT2D eigenvalue weighted by Crippen LogP contribution is 2.38. The highest BCUT2D eigenvalue weighted by molar-refractivity contribution is 9.13. The third-order valence-electron chi connectivity index (χ3n) is 3.22. The van der Waals surface area contributed by atoms with Crippen LogP contribution in [0.4, 0.5) is 5.82 Å². The maximum Gasteiger partial charge on any atom is 0.152 e. The van der Waals surface area contributed by atoms with Crippen LogP contribution in [0.25, 0.3) is 10.6 Å². The van der Waals surface area contributed by atoms with Crippen LogP contribution in [0, 0.1) is 0 Å². The average Bonchev–Trinajstić information content (AvgIpc) is 2.99. The van der Waals surface area contributed by atoms with Gasteiger partial charge in [-0.25, -0.2) is 13.1 Å². The van der Waals surface area contributed by atoms with Crippen molar-refractivity contribution < 1.29 is 8.42 Å². The van der Waals surface area contributed by atoms with Gasteiger partial charge in [-0.1, -0.05) is 0 Å². The van der Waals surface area contributed by atoms with Crippen LogP contribution in [-0.2, 0) is 9.84 Å². The molecule has 2 aromatic heterocycles. The van der Waals surface area contributed by atoms with Crippen LogP contribution in [0.5, 0.6) is 0 Å². The van der Waals surface area contributed by atoms with Crippen molar-refractivity contribution in [2.24, 2.45) is 0 Å². The maximum absolute atomic E-state index is 11.6. The Morgan fingerprint density at radius 3 is 2.70 bits per heavy atom. The molecule has 1 aliphatic heterocycles. The smallest absolute Gasteiger partial charge is 0.152 e. The summed E-state index contributed by atoms with van der Waals surface area (Å²) in [4.78, 5) is 0.982. The third kappa shape index (κ3) is 2.68. The van der Waals surface area contributed by atoms with Crippen molar-refractivity contribution in [2.45, 2.75) is 12.5 Å². The van der Waals surface area contributed by atoms with Crippen LogP contribution in [0.3, 0.4) is 0 Å². The van der Waals surface area contributed by atoms with E-state index < -0.39 is 9.84 Å². The molecule has 0 bridgehead atoms. The first-order valence-electron chi connectivity index (χ1n) is 5.86. The molecule has 0 aliphatic carbocycles. The molecular weight excluding hydrogens is 430 g/mol. The van der Waals surface area contributed by atoms with Gasteiger partial charge in [0, 0.05) is 10.5 Å². The summed E-state index contributed by atoms with van der Waals surface area (Å²) in [5, 5.41) is 4.48. The van der Waals surface area contributed by atoms with Crippen LogP contribution in [0.2, 0.25) is 0 Å². The summed E-state index contributed by atoms with van der Waals surface area (Å²) in [5.41, 5.74) is 6.75. The summed E-state index contributed by atoms with van der Waals surface area (Å²) in [5.74, 6) is 0.834. The lowest BCUT2D eigenvalue weighted by Gasteiger charge is -2.09. The number of aromatic nitrogens is 2. The number of halogens is 2. The molecule has 0 aromatic carbocycles. The number of rotatable bonds is 2. The minimum atomic E-state index is -2.95. The first-order valence-corrected chi connectivity index (χ1v) is 10.1. The summed E-state index contributed by atoms with van der Waals surface area (Å²) < 4.78 is 26.7. The van der Waals surface area contributed by atoms with E-state index in [1.807, 2.05) is 6.07 Å². The van der Waals surface area contributed by atoms with E-state index in [2.05, 4.69) is 37.0 Å². The molecule has 0 saturated carbocycles. The number of nitrogens with zero attached hydrogens (tertiary/aromatic N) is 2. The molecule has 3 heterocycles. The number of nitrogens with two attached hydrogens (primary N) is 1. The summed E-state index contributed by atoms with van der Waals surface area (Å²) in [7, 11) is -2.95. The number of hydrogen-bond donors (Lipinski definition) is 1. The Balaban J connectivity index is 1.95. The molecule has 1 unspecified atom stereocenters. The fraction of sp³-hybridized carbons (Fsp3) is 0.364. The highest BCUT2D eigenvalue weighted by atomic mass is 79.9. The molecule has 2 N–H and O–H groups in total. The van der Waals surface area contributed by atoms with E-state index >= 15 is 0 Å². The van der Waals surface area contributed by atoms with Crippen molar-refractivity contribution in [2.75, 3.05) is 17.2 Å². The van der Waals surface area contributed by atoms with Gasteiger partial charge in [-0.05, 0) is 44.3 Å². The molecule has 2 aromatic rings. The molecule has 1 atom stereocenters. The Kier molecular flexibility index (Phi) is 3.72. The molecule has 20 heavy (non-hydrogen) atoms. The van der Waals surface area contributed by atoms with E-state index in [1.165, 1.54) is 0 Å². The first-order chi connectivity index (χ1) is 9.35. The minimum Gasteiger partial charge on any atom is -0.384 e. The van der Waals surface area contributed by atoms with Crippen molar-refractivity contribution in [3.8, 4) is 10.6 Å². The second kappa shape index (κ2) is 5.11. The molecule has 108 valence electrons. The molecule has 0 spiro atoms. The molecule has 3 rings (SSSR count). The molecule has 1 saturated heterocycles. The van der Waals surface area contributed by atoms with Crippen molar-refractivity contribution in [3.05, 3.63) is 20.4 Å². The normalized spacial score (nSPS) is 21.4. The summed E-state index contributed by atoms with van der Waals surface area (Å²) >= 11 is 8.44. The monoisotopic (exact) mass is 439 g/mol. The Morgan fingerprint density at radius 2 is 2.15 bits per heavy atom. The summed E-state index contributed by atoms with van der Waals surface area (Å²) in [6, 6.07) is 3.60. The van der Waals surface area contributed by atoms with E-state index in [4.69, 9.17) is 5.73 Å². The van der Waals surface area contributed by atoms with Crippen LogP contribution >= 0.6 is 43.2 Å². The van der Waals surface area contributed by atoms with Crippen molar-refractivity contribution in [1.82, 2.24) is 9.78 Å². The number of anilines is 1.